The van der Waals surface area contributed by atoms with Crippen molar-refractivity contribution in [3.63, 3.8) is 0 Å². The van der Waals surface area contributed by atoms with Crippen molar-refractivity contribution in [2.45, 2.75) is 19.4 Å². The highest BCUT2D eigenvalue weighted by Crippen LogP contribution is 2.22. The predicted octanol–water partition coefficient (Wildman–Crippen LogP) is 2.97. The van der Waals surface area contributed by atoms with Gasteiger partial charge in [-0.2, -0.15) is 0 Å². The molecular weight excluding hydrogens is 282 g/mol. The zero-order valence-electron chi connectivity index (χ0n) is 10.5. The van der Waals surface area contributed by atoms with Crippen LogP contribution >= 0.6 is 15.9 Å². The van der Waals surface area contributed by atoms with Gasteiger partial charge >= 0.3 is 0 Å². The zero-order chi connectivity index (χ0) is 12.5. The van der Waals surface area contributed by atoms with Gasteiger partial charge in [0.05, 0.1) is 7.11 Å². The molecule has 0 aromatic heterocycles. The van der Waals surface area contributed by atoms with Gasteiger partial charge in [-0.25, -0.2) is 0 Å². The first-order valence-electron chi connectivity index (χ1n) is 5.80. The van der Waals surface area contributed by atoms with Crippen LogP contribution in [0.15, 0.2) is 22.7 Å². The van der Waals surface area contributed by atoms with Crippen molar-refractivity contribution in [3.05, 3.63) is 28.2 Å². The summed E-state index contributed by atoms with van der Waals surface area (Å²) in [6, 6.07) is 6.05. The lowest BCUT2D eigenvalue weighted by Crippen LogP contribution is -2.15. The lowest BCUT2D eigenvalue weighted by atomic mass is 10.2. The predicted molar refractivity (Wildman–Crippen MR) is 73.5 cm³/mol. The Labute approximate surface area is 112 Å². The van der Waals surface area contributed by atoms with E-state index in [-0.39, 0.29) is 0 Å². The second-order valence-electron chi connectivity index (χ2n) is 3.83. The molecule has 0 atom stereocenters. The van der Waals surface area contributed by atoms with E-state index in [0.717, 1.165) is 42.8 Å². The first-order chi connectivity index (χ1) is 8.27. The van der Waals surface area contributed by atoms with Gasteiger partial charge in [0.2, 0.25) is 0 Å². The Morgan fingerprint density at radius 3 is 2.76 bits per heavy atom. The number of nitrogens with one attached hydrogen (secondary N) is 1. The first-order valence-corrected chi connectivity index (χ1v) is 6.59. The van der Waals surface area contributed by atoms with Gasteiger partial charge in [-0.1, -0.05) is 15.9 Å². The average molecular weight is 302 g/mol. The Bertz CT molecular complexity index is 331. The number of benzene rings is 1. The van der Waals surface area contributed by atoms with Gasteiger partial charge in [-0.15, -0.1) is 0 Å². The summed E-state index contributed by atoms with van der Waals surface area (Å²) < 4.78 is 11.4. The molecule has 0 radical (unpaired) electrons. The molecule has 1 aromatic rings. The van der Waals surface area contributed by atoms with E-state index in [2.05, 4.69) is 27.3 Å². The van der Waals surface area contributed by atoms with Crippen molar-refractivity contribution < 1.29 is 9.47 Å². The highest BCUT2D eigenvalue weighted by Gasteiger charge is 2.02. The third-order valence-corrected chi connectivity index (χ3v) is 3.00. The maximum atomic E-state index is 5.32. The van der Waals surface area contributed by atoms with Crippen LogP contribution in [0.4, 0.5) is 0 Å². The summed E-state index contributed by atoms with van der Waals surface area (Å²) in [5.41, 5.74) is 1.17. The van der Waals surface area contributed by atoms with Crippen molar-refractivity contribution in [2.24, 2.45) is 0 Å². The van der Waals surface area contributed by atoms with Crippen molar-refractivity contribution in [2.75, 3.05) is 27.4 Å². The third-order valence-electron chi connectivity index (χ3n) is 2.51. The van der Waals surface area contributed by atoms with Gasteiger partial charge in [-0.05, 0) is 37.6 Å². The Balaban J connectivity index is 2.32. The number of ether oxygens (including phenoxy) is 2. The molecule has 0 saturated carbocycles. The molecule has 0 aliphatic rings. The molecule has 1 N–H and O–H groups in total. The Morgan fingerprint density at radius 2 is 2.06 bits per heavy atom. The van der Waals surface area contributed by atoms with Crippen LogP contribution in [0.5, 0.6) is 5.75 Å². The minimum absolute atomic E-state index is 0.829. The molecule has 0 saturated heterocycles. The molecule has 0 aliphatic heterocycles. The number of halogens is 1. The molecule has 96 valence electrons. The van der Waals surface area contributed by atoms with E-state index < -0.39 is 0 Å². The SMILES string of the molecule is COCCCCNCc1cc(Br)ccc1OC. The number of unbranched alkanes of at least 4 members (excludes halogenated alkanes) is 1. The molecule has 0 fully saturated rings. The lowest BCUT2D eigenvalue weighted by molar-refractivity contribution is 0.192. The molecule has 0 spiro atoms. The average Bonchev–Trinajstić information content (AvgIpc) is 2.34. The molecule has 0 amide bonds. The van der Waals surface area contributed by atoms with Crippen LogP contribution in [0.1, 0.15) is 18.4 Å². The maximum absolute atomic E-state index is 5.32. The smallest absolute Gasteiger partial charge is 0.123 e. The molecule has 1 aromatic carbocycles. The molecule has 0 heterocycles. The van der Waals surface area contributed by atoms with E-state index in [9.17, 15) is 0 Å². The first kappa shape index (κ1) is 14.5. The van der Waals surface area contributed by atoms with Gasteiger partial charge in [0.1, 0.15) is 5.75 Å². The number of hydrogen-bond donors (Lipinski definition) is 1. The van der Waals surface area contributed by atoms with E-state index in [1.54, 1.807) is 14.2 Å². The Hall–Kier alpha value is -0.580. The van der Waals surface area contributed by atoms with Gasteiger partial charge in [0.15, 0.2) is 0 Å². The van der Waals surface area contributed by atoms with Crippen molar-refractivity contribution >= 4 is 15.9 Å². The summed E-state index contributed by atoms with van der Waals surface area (Å²) in [4.78, 5) is 0. The van der Waals surface area contributed by atoms with E-state index in [4.69, 9.17) is 9.47 Å². The molecular formula is C13H20BrNO2. The monoisotopic (exact) mass is 301 g/mol. The summed E-state index contributed by atoms with van der Waals surface area (Å²) >= 11 is 3.47. The second-order valence-corrected chi connectivity index (χ2v) is 4.75. The van der Waals surface area contributed by atoms with Crippen molar-refractivity contribution in [1.29, 1.82) is 0 Å². The summed E-state index contributed by atoms with van der Waals surface area (Å²) in [6.45, 7) is 2.66. The van der Waals surface area contributed by atoms with Crippen LogP contribution in [-0.2, 0) is 11.3 Å². The zero-order valence-corrected chi connectivity index (χ0v) is 12.0. The standard InChI is InChI=1S/C13H20BrNO2/c1-16-8-4-3-7-15-10-11-9-12(14)5-6-13(11)17-2/h5-6,9,15H,3-4,7-8,10H2,1-2H3. The summed E-state index contributed by atoms with van der Waals surface area (Å²) in [5, 5.41) is 3.41. The molecule has 4 heteroatoms. The van der Waals surface area contributed by atoms with Gasteiger partial charge in [0.25, 0.3) is 0 Å². The fraction of sp³-hybridized carbons (Fsp3) is 0.538. The number of hydrogen-bond acceptors (Lipinski definition) is 3. The van der Waals surface area contributed by atoms with Gasteiger partial charge in [-0.3, -0.25) is 0 Å². The third kappa shape index (κ3) is 5.52. The highest BCUT2D eigenvalue weighted by atomic mass is 79.9. The van der Waals surface area contributed by atoms with Crippen LogP contribution in [0.3, 0.4) is 0 Å². The van der Waals surface area contributed by atoms with Crippen LogP contribution in [0.2, 0.25) is 0 Å². The van der Waals surface area contributed by atoms with Crippen molar-refractivity contribution in [1.82, 2.24) is 5.32 Å². The van der Waals surface area contributed by atoms with E-state index in [0.29, 0.717) is 0 Å². The van der Waals surface area contributed by atoms with E-state index >= 15 is 0 Å². The lowest BCUT2D eigenvalue weighted by Gasteiger charge is -2.10. The minimum Gasteiger partial charge on any atom is -0.496 e. The molecule has 3 nitrogen and oxygen atoms in total. The number of rotatable bonds is 8. The Kier molecular flexibility index (Phi) is 7.24. The molecule has 0 bridgehead atoms. The maximum Gasteiger partial charge on any atom is 0.123 e. The summed E-state index contributed by atoms with van der Waals surface area (Å²) in [6.07, 6.45) is 2.23. The van der Waals surface area contributed by atoms with Gasteiger partial charge < -0.3 is 14.8 Å². The molecule has 1 rings (SSSR count). The van der Waals surface area contributed by atoms with Crippen LogP contribution in [0.25, 0.3) is 0 Å². The fourth-order valence-electron chi connectivity index (χ4n) is 1.60. The van der Waals surface area contributed by atoms with E-state index in [1.807, 2.05) is 12.1 Å². The number of methoxy groups -OCH3 is 2. The fourth-order valence-corrected chi connectivity index (χ4v) is 2.01. The van der Waals surface area contributed by atoms with Crippen LogP contribution in [0, 0.1) is 0 Å². The molecule has 0 aliphatic carbocycles. The molecule has 0 unspecified atom stereocenters. The Morgan fingerprint density at radius 1 is 1.24 bits per heavy atom. The van der Waals surface area contributed by atoms with Crippen LogP contribution < -0.4 is 10.1 Å². The molecule has 17 heavy (non-hydrogen) atoms. The minimum atomic E-state index is 0.829. The van der Waals surface area contributed by atoms with Crippen molar-refractivity contribution in [3.8, 4) is 5.75 Å². The van der Waals surface area contributed by atoms with E-state index in [1.165, 1.54) is 5.56 Å². The topological polar surface area (TPSA) is 30.5 Å². The quantitative estimate of drug-likeness (QED) is 0.749. The summed E-state index contributed by atoms with van der Waals surface area (Å²) in [5.74, 6) is 0.928. The highest BCUT2D eigenvalue weighted by molar-refractivity contribution is 9.10. The van der Waals surface area contributed by atoms with Gasteiger partial charge in [0, 0.05) is 30.3 Å². The largest absolute Gasteiger partial charge is 0.496 e. The normalized spacial score (nSPS) is 10.5. The van der Waals surface area contributed by atoms with Crippen LogP contribution in [-0.4, -0.2) is 27.4 Å². The second kappa shape index (κ2) is 8.50. The summed E-state index contributed by atoms with van der Waals surface area (Å²) in [7, 11) is 3.44.